The second-order valence-electron chi connectivity index (χ2n) is 4.89. The SMILES string of the molecule is C=CCc1cccc(/C=N/NC(=O)c2cc(Br)ccc2OC)c1O. The van der Waals surface area contributed by atoms with Crippen molar-refractivity contribution >= 4 is 28.1 Å². The molecule has 0 radical (unpaired) electrons. The number of rotatable bonds is 6. The summed E-state index contributed by atoms with van der Waals surface area (Å²) in [6, 6.07) is 10.4. The van der Waals surface area contributed by atoms with Crippen molar-refractivity contribution in [2.24, 2.45) is 5.10 Å². The van der Waals surface area contributed by atoms with Crippen molar-refractivity contribution in [2.75, 3.05) is 7.11 Å². The van der Waals surface area contributed by atoms with Gasteiger partial charge in [-0.15, -0.1) is 6.58 Å². The molecule has 0 heterocycles. The Bertz CT molecular complexity index is 788. The minimum Gasteiger partial charge on any atom is -0.507 e. The maximum atomic E-state index is 12.2. The summed E-state index contributed by atoms with van der Waals surface area (Å²) in [5, 5.41) is 14.0. The number of benzene rings is 2. The third-order valence-electron chi connectivity index (χ3n) is 3.29. The van der Waals surface area contributed by atoms with Crippen LogP contribution in [0.5, 0.6) is 11.5 Å². The largest absolute Gasteiger partial charge is 0.507 e. The van der Waals surface area contributed by atoms with E-state index in [1.165, 1.54) is 13.3 Å². The molecular formula is C18H17BrN2O3. The van der Waals surface area contributed by atoms with Crippen LogP contribution in [0.4, 0.5) is 0 Å². The first-order chi connectivity index (χ1) is 11.6. The van der Waals surface area contributed by atoms with Crippen LogP contribution in [0.2, 0.25) is 0 Å². The zero-order chi connectivity index (χ0) is 17.5. The molecule has 0 saturated heterocycles. The predicted molar refractivity (Wildman–Crippen MR) is 97.8 cm³/mol. The lowest BCUT2D eigenvalue weighted by Gasteiger charge is -2.07. The molecule has 0 bridgehead atoms. The fourth-order valence-corrected chi connectivity index (χ4v) is 2.47. The highest BCUT2D eigenvalue weighted by atomic mass is 79.9. The van der Waals surface area contributed by atoms with Gasteiger partial charge in [0.25, 0.3) is 5.91 Å². The number of allylic oxidation sites excluding steroid dienone is 1. The molecule has 124 valence electrons. The molecule has 0 atom stereocenters. The number of hydrazone groups is 1. The number of hydrogen-bond acceptors (Lipinski definition) is 4. The van der Waals surface area contributed by atoms with Gasteiger partial charge in [-0.2, -0.15) is 5.10 Å². The first-order valence-corrected chi connectivity index (χ1v) is 7.94. The number of aromatic hydroxyl groups is 1. The average Bonchev–Trinajstić information content (AvgIpc) is 2.58. The monoisotopic (exact) mass is 388 g/mol. The number of phenolic OH excluding ortho intramolecular Hbond substituents is 1. The first-order valence-electron chi connectivity index (χ1n) is 7.15. The summed E-state index contributed by atoms with van der Waals surface area (Å²) in [6.45, 7) is 3.65. The molecule has 0 aromatic heterocycles. The lowest BCUT2D eigenvalue weighted by Crippen LogP contribution is -2.18. The Morgan fingerprint density at radius 1 is 1.42 bits per heavy atom. The molecule has 0 aliphatic heterocycles. The number of phenols is 1. The number of nitrogens with zero attached hydrogens (tertiary/aromatic N) is 1. The van der Waals surface area contributed by atoms with E-state index in [0.717, 1.165) is 10.0 Å². The van der Waals surface area contributed by atoms with Crippen LogP contribution in [0.15, 0.2) is 58.6 Å². The molecule has 6 heteroatoms. The van der Waals surface area contributed by atoms with Gasteiger partial charge in [0.1, 0.15) is 11.5 Å². The van der Waals surface area contributed by atoms with Crippen LogP contribution in [0.25, 0.3) is 0 Å². The van der Waals surface area contributed by atoms with Crippen LogP contribution < -0.4 is 10.2 Å². The molecule has 0 spiro atoms. The Kier molecular flexibility index (Phi) is 6.14. The van der Waals surface area contributed by atoms with Gasteiger partial charge in [-0.3, -0.25) is 4.79 Å². The van der Waals surface area contributed by atoms with Crippen LogP contribution in [0.3, 0.4) is 0 Å². The van der Waals surface area contributed by atoms with Crippen LogP contribution in [0.1, 0.15) is 21.5 Å². The highest BCUT2D eigenvalue weighted by Gasteiger charge is 2.12. The Morgan fingerprint density at radius 3 is 2.92 bits per heavy atom. The van der Waals surface area contributed by atoms with Crippen molar-refractivity contribution in [3.63, 3.8) is 0 Å². The molecule has 24 heavy (non-hydrogen) atoms. The number of carbonyl (C=O) groups excluding carboxylic acids is 1. The predicted octanol–water partition coefficient (Wildman–Crippen LogP) is 3.66. The van der Waals surface area contributed by atoms with E-state index in [4.69, 9.17) is 4.74 Å². The number of para-hydroxylation sites is 1. The van der Waals surface area contributed by atoms with Gasteiger partial charge in [0.05, 0.1) is 18.9 Å². The molecule has 0 unspecified atom stereocenters. The standard InChI is InChI=1S/C18H17BrN2O3/c1-3-5-12-6-4-7-13(17(12)22)11-20-21-18(23)15-10-14(19)8-9-16(15)24-2/h3-4,6-11,22H,1,5H2,2H3,(H,21,23)/b20-11+. The number of carbonyl (C=O) groups is 1. The summed E-state index contributed by atoms with van der Waals surface area (Å²) in [6.07, 6.45) is 3.65. The van der Waals surface area contributed by atoms with Gasteiger partial charge < -0.3 is 9.84 Å². The van der Waals surface area contributed by atoms with E-state index in [1.807, 2.05) is 0 Å². The zero-order valence-electron chi connectivity index (χ0n) is 13.1. The average molecular weight is 389 g/mol. The summed E-state index contributed by atoms with van der Waals surface area (Å²) < 4.78 is 5.92. The smallest absolute Gasteiger partial charge is 0.275 e. The van der Waals surface area contributed by atoms with Crippen molar-refractivity contribution in [3.8, 4) is 11.5 Å². The van der Waals surface area contributed by atoms with E-state index in [1.54, 1.807) is 42.5 Å². The molecule has 0 saturated carbocycles. The fraction of sp³-hybridized carbons (Fsp3) is 0.111. The van der Waals surface area contributed by atoms with Gasteiger partial charge in [-0.1, -0.05) is 34.1 Å². The van der Waals surface area contributed by atoms with E-state index in [0.29, 0.717) is 23.3 Å². The summed E-state index contributed by atoms with van der Waals surface area (Å²) in [5.41, 5.74) is 4.04. The summed E-state index contributed by atoms with van der Waals surface area (Å²) in [7, 11) is 1.49. The molecule has 0 aliphatic carbocycles. The highest BCUT2D eigenvalue weighted by Crippen LogP contribution is 2.23. The molecule has 0 fully saturated rings. The van der Waals surface area contributed by atoms with Gasteiger partial charge in [0.15, 0.2) is 0 Å². The highest BCUT2D eigenvalue weighted by molar-refractivity contribution is 9.10. The summed E-state index contributed by atoms with van der Waals surface area (Å²) in [4.78, 5) is 12.2. The van der Waals surface area contributed by atoms with Crippen LogP contribution in [-0.2, 0) is 6.42 Å². The first kappa shape index (κ1) is 17.7. The van der Waals surface area contributed by atoms with E-state index < -0.39 is 5.91 Å². The Labute approximate surface area is 148 Å². The molecule has 2 N–H and O–H groups in total. The fourth-order valence-electron chi connectivity index (χ4n) is 2.11. The van der Waals surface area contributed by atoms with Crippen molar-refractivity contribution in [1.29, 1.82) is 0 Å². The second-order valence-corrected chi connectivity index (χ2v) is 5.81. The molecule has 1 amide bonds. The summed E-state index contributed by atoms with van der Waals surface area (Å²) >= 11 is 3.32. The van der Waals surface area contributed by atoms with Crippen LogP contribution >= 0.6 is 15.9 Å². The normalized spacial score (nSPS) is 10.6. The second kappa shape index (κ2) is 8.31. The third-order valence-corrected chi connectivity index (χ3v) is 3.78. The molecule has 2 aromatic rings. The topological polar surface area (TPSA) is 70.9 Å². The van der Waals surface area contributed by atoms with Crippen LogP contribution in [-0.4, -0.2) is 24.3 Å². The minimum atomic E-state index is -0.411. The Morgan fingerprint density at radius 2 is 2.21 bits per heavy atom. The molecular weight excluding hydrogens is 372 g/mol. The number of amides is 1. The van der Waals surface area contributed by atoms with Gasteiger partial charge >= 0.3 is 0 Å². The third kappa shape index (κ3) is 4.23. The number of hydrogen-bond donors (Lipinski definition) is 2. The van der Waals surface area contributed by atoms with Crippen molar-refractivity contribution < 1.29 is 14.6 Å². The molecule has 2 rings (SSSR count). The molecule has 0 aliphatic rings. The van der Waals surface area contributed by atoms with Crippen molar-refractivity contribution in [1.82, 2.24) is 5.43 Å². The summed E-state index contributed by atoms with van der Waals surface area (Å²) in [5.74, 6) is 0.156. The lowest BCUT2D eigenvalue weighted by atomic mass is 10.1. The maximum absolute atomic E-state index is 12.2. The number of ether oxygens (including phenoxy) is 1. The van der Waals surface area contributed by atoms with Gasteiger partial charge in [-0.05, 0) is 36.2 Å². The number of methoxy groups -OCH3 is 1. The zero-order valence-corrected chi connectivity index (χ0v) is 14.7. The van der Waals surface area contributed by atoms with E-state index in [-0.39, 0.29) is 5.75 Å². The van der Waals surface area contributed by atoms with Gasteiger partial charge in [-0.25, -0.2) is 5.43 Å². The molecule has 2 aromatic carbocycles. The number of nitrogens with one attached hydrogen (secondary N) is 1. The van der Waals surface area contributed by atoms with E-state index in [2.05, 4.69) is 33.0 Å². The van der Waals surface area contributed by atoms with Crippen molar-refractivity contribution in [2.45, 2.75) is 6.42 Å². The molecule has 5 nitrogen and oxygen atoms in total. The lowest BCUT2D eigenvalue weighted by molar-refractivity contribution is 0.0952. The Hall–Kier alpha value is -2.60. The van der Waals surface area contributed by atoms with Crippen molar-refractivity contribution in [3.05, 3.63) is 70.2 Å². The van der Waals surface area contributed by atoms with Crippen LogP contribution in [0, 0.1) is 0 Å². The minimum absolute atomic E-state index is 0.121. The van der Waals surface area contributed by atoms with Gasteiger partial charge in [0, 0.05) is 10.0 Å². The van der Waals surface area contributed by atoms with E-state index in [9.17, 15) is 9.90 Å². The Balaban J connectivity index is 2.15. The van der Waals surface area contributed by atoms with Gasteiger partial charge in [0.2, 0.25) is 0 Å². The maximum Gasteiger partial charge on any atom is 0.275 e. The van der Waals surface area contributed by atoms with E-state index >= 15 is 0 Å². The number of halogens is 1. The quantitative estimate of drug-likeness (QED) is 0.450.